The minimum Gasteiger partial charge on any atom is -0.481 e. The molecular formula is C18H24N2O5S. The van der Waals surface area contributed by atoms with Gasteiger partial charge in [0.25, 0.3) is 0 Å². The van der Waals surface area contributed by atoms with Crippen LogP contribution in [-0.2, 0) is 19.6 Å². The van der Waals surface area contributed by atoms with Crippen LogP contribution >= 0.6 is 0 Å². The molecule has 2 aliphatic rings. The van der Waals surface area contributed by atoms with E-state index in [0.717, 1.165) is 6.42 Å². The molecule has 2 heterocycles. The number of sulfonamides is 1. The monoisotopic (exact) mass is 380 g/mol. The molecule has 1 aromatic rings. The Morgan fingerprint density at radius 2 is 1.73 bits per heavy atom. The number of amides is 1. The van der Waals surface area contributed by atoms with Crippen molar-refractivity contribution in [3.63, 3.8) is 0 Å². The van der Waals surface area contributed by atoms with Gasteiger partial charge in [-0.2, -0.15) is 4.31 Å². The summed E-state index contributed by atoms with van der Waals surface area (Å²) in [7, 11) is -3.76. The second-order valence-corrected chi connectivity index (χ2v) is 8.79. The third-order valence-corrected chi connectivity index (χ3v) is 7.09. The van der Waals surface area contributed by atoms with E-state index in [2.05, 4.69) is 0 Å². The van der Waals surface area contributed by atoms with Crippen molar-refractivity contribution >= 4 is 21.9 Å². The van der Waals surface area contributed by atoms with E-state index in [0.29, 0.717) is 38.8 Å². The zero-order valence-corrected chi connectivity index (χ0v) is 15.4. The van der Waals surface area contributed by atoms with Crippen LogP contribution in [0.1, 0.15) is 32.1 Å². The molecule has 2 unspecified atom stereocenters. The van der Waals surface area contributed by atoms with E-state index in [9.17, 15) is 23.1 Å². The highest BCUT2D eigenvalue weighted by atomic mass is 32.2. The summed E-state index contributed by atoms with van der Waals surface area (Å²) in [6.07, 6.45) is 3.15. The average molecular weight is 380 g/mol. The minimum atomic E-state index is -3.76. The molecule has 1 amide bonds. The number of piperidine rings is 2. The molecule has 0 saturated carbocycles. The Morgan fingerprint density at radius 3 is 2.42 bits per heavy atom. The smallest absolute Gasteiger partial charge is 0.308 e. The number of carbonyl (C=O) groups is 2. The molecule has 1 aromatic carbocycles. The van der Waals surface area contributed by atoms with E-state index in [1.165, 1.54) is 21.3 Å². The zero-order valence-electron chi connectivity index (χ0n) is 14.6. The van der Waals surface area contributed by atoms with Crippen molar-refractivity contribution in [2.24, 2.45) is 5.92 Å². The largest absolute Gasteiger partial charge is 0.481 e. The Balaban J connectivity index is 1.83. The number of carboxylic acid groups (broad SMARTS) is 1. The highest BCUT2D eigenvalue weighted by Crippen LogP contribution is 2.28. The number of benzene rings is 1. The van der Waals surface area contributed by atoms with Gasteiger partial charge in [0, 0.05) is 19.6 Å². The van der Waals surface area contributed by atoms with Crippen LogP contribution in [0, 0.1) is 5.92 Å². The first-order chi connectivity index (χ1) is 12.4. The summed E-state index contributed by atoms with van der Waals surface area (Å²) in [6.45, 7) is 0.950. The van der Waals surface area contributed by atoms with Crippen LogP contribution in [0.4, 0.5) is 0 Å². The summed E-state index contributed by atoms with van der Waals surface area (Å²) >= 11 is 0. The van der Waals surface area contributed by atoms with Gasteiger partial charge in [0.2, 0.25) is 15.9 Å². The fourth-order valence-corrected chi connectivity index (χ4v) is 5.43. The van der Waals surface area contributed by atoms with Crippen molar-refractivity contribution in [1.29, 1.82) is 0 Å². The maximum atomic E-state index is 13.0. The van der Waals surface area contributed by atoms with Gasteiger partial charge in [0.05, 0.1) is 10.8 Å². The van der Waals surface area contributed by atoms with Gasteiger partial charge in [0.1, 0.15) is 6.04 Å². The topological polar surface area (TPSA) is 95.0 Å². The number of nitrogens with zero attached hydrogens (tertiary/aromatic N) is 2. The molecule has 2 aliphatic heterocycles. The molecule has 0 aromatic heterocycles. The lowest BCUT2D eigenvalue weighted by atomic mass is 9.96. The number of likely N-dealkylation sites (tertiary alicyclic amines) is 1. The molecule has 2 saturated heterocycles. The van der Waals surface area contributed by atoms with Gasteiger partial charge in [0.15, 0.2) is 0 Å². The standard InChI is InChI=1S/C18H24N2O5S/c21-17(19-11-6-7-14(13-19)18(22)23)16-10-4-5-12-20(16)26(24,25)15-8-2-1-3-9-15/h1-3,8-9,14,16H,4-7,10-13H2,(H,22,23). The van der Waals surface area contributed by atoms with Crippen molar-refractivity contribution in [2.45, 2.75) is 43.0 Å². The summed E-state index contributed by atoms with van der Waals surface area (Å²) in [5.74, 6) is -1.74. The molecule has 0 radical (unpaired) electrons. The maximum absolute atomic E-state index is 13.0. The summed E-state index contributed by atoms with van der Waals surface area (Å²) in [6, 6.07) is 7.39. The first-order valence-electron chi connectivity index (χ1n) is 9.00. The van der Waals surface area contributed by atoms with Gasteiger partial charge >= 0.3 is 5.97 Å². The molecule has 0 spiro atoms. The number of aliphatic carboxylic acids is 1. The van der Waals surface area contributed by atoms with Gasteiger partial charge in [-0.25, -0.2) is 8.42 Å². The summed E-state index contributed by atoms with van der Waals surface area (Å²) in [5, 5.41) is 9.23. The average Bonchev–Trinajstić information content (AvgIpc) is 2.68. The summed E-state index contributed by atoms with van der Waals surface area (Å²) < 4.78 is 27.3. The van der Waals surface area contributed by atoms with E-state index >= 15 is 0 Å². The SMILES string of the molecule is O=C(O)C1CCCN(C(=O)C2CCCCN2S(=O)(=O)c2ccccc2)C1. The third-order valence-electron chi connectivity index (χ3n) is 5.17. The predicted molar refractivity (Wildman–Crippen MR) is 94.9 cm³/mol. The highest BCUT2D eigenvalue weighted by Gasteiger charge is 2.40. The Bertz CT molecular complexity index is 765. The number of hydrogen-bond donors (Lipinski definition) is 1. The zero-order chi connectivity index (χ0) is 18.7. The fraction of sp³-hybridized carbons (Fsp3) is 0.556. The lowest BCUT2D eigenvalue weighted by Gasteiger charge is -2.39. The number of hydrogen-bond acceptors (Lipinski definition) is 4. The van der Waals surface area contributed by atoms with Crippen molar-refractivity contribution < 1.29 is 23.1 Å². The molecule has 2 atom stereocenters. The molecular weight excluding hydrogens is 356 g/mol. The van der Waals surface area contributed by atoms with Crippen LogP contribution in [0.25, 0.3) is 0 Å². The molecule has 7 nitrogen and oxygen atoms in total. The second kappa shape index (κ2) is 7.75. The van der Waals surface area contributed by atoms with E-state index in [1.807, 2.05) is 0 Å². The lowest BCUT2D eigenvalue weighted by molar-refractivity contribution is -0.147. The summed E-state index contributed by atoms with van der Waals surface area (Å²) in [5.41, 5.74) is 0. The van der Waals surface area contributed by atoms with Gasteiger partial charge in [-0.3, -0.25) is 9.59 Å². The van der Waals surface area contributed by atoms with Crippen molar-refractivity contribution in [1.82, 2.24) is 9.21 Å². The highest BCUT2D eigenvalue weighted by molar-refractivity contribution is 7.89. The van der Waals surface area contributed by atoms with Crippen molar-refractivity contribution in [3.05, 3.63) is 30.3 Å². The van der Waals surface area contributed by atoms with E-state index in [-0.39, 0.29) is 17.3 Å². The van der Waals surface area contributed by atoms with Crippen LogP contribution < -0.4 is 0 Å². The van der Waals surface area contributed by atoms with Crippen LogP contribution in [0.3, 0.4) is 0 Å². The van der Waals surface area contributed by atoms with Crippen LogP contribution in [-0.4, -0.2) is 60.3 Å². The Kier molecular flexibility index (Phi) is 5.62. The van der Waals surface area contributed by atoms with Crippen LogP contribution in [0.15, 0.2) is 35.2 Å². The third kappa shape index (κ3) is 3.76. The number of rotatable bonds is 4. The second-order valence-electron chi connectivity index (χ2n) is 6.90. The Hall–Kier alpha value is -1.93. The van der Waals surface area contributed by atoms with Gasteiger partial charge in [-0.05, 0) is 37.8 Å². The molecule has 0 aliphatic carbocycles. The maximum Gasteiger partial charge on any atom is 0.308 e. The van der Waals surface area contributed by atoms with Gasteiger partial charge < -0.3 is 10.0 Å². The molecule has 2 fully saturated rings. The Morgan fingerprint density at radius 1 is 1.00 bits per heavy atom. The first-order valence-corrected chi connectivity index (χ1v) is 10.4. The van der Waals surface area contributed by atoms with E-state index in [4.69, 9.17) is 0 Å². The summed E-state index contributed by atoms with van der Waals surface area (Å²) in [4.78, 5) is 26.0. The molecule has 1 N–H and O–H groups in total. The first kappa shape index (κ1) is 18.8. The molecule has 26 heavy (non-hydrogen) atoms. The normalized spacial score (nSPS) is 25.0. The van der Waals surface area contributed by atoms with Gasteiger partial charge in [-0.15, -0.1) is 0 Å². The van der Waals surface area contributed by atoms with Gasteiger partial charge in [-0.1, -0.05) is 24.6 Å². The van der Waals surface area contributed by atoms with E-state index in [1.54, 1.807) is 18.2 Å². The molecule has 8 heteroatoms. The van der Waals surface area contributed by atoms with Crippen molar-refractivity contribution in [2.75, 3.05) is 19.6 Å². The molecule has 142 valence electrons. The quantitative estimate of drug-likeness (QED) is 0.855. The number of carbonyl (C=O) groups excluding carboxylic acids is 1. The lowest BCUT2D eigenvalue weighted by Crippen LogP contribution is -2.55. The van der Waals surface area contributed by atoms with Crippen LogP contribution in [0.2, 0.25) is 0 Å². The van der Waals surface area contributed by atoms with Crippen LogP contribution in [0.5, 0.6) is 0 Å². The number of carboxylic acids is 1. The Labute approximate surface area is 153 Å². The predicted octanol–water partition coefficient (Wildman–Crippen LogP) is 1.55. The molecule has 3 rings (SSSR count). The minimum absolute atomic E-state index is 0.157. The fourth-order valence-electron chi connectivity index (χ4n) is 3.76. The molecule has 0 bridgehead atoms. The van der Waals surface area contributed by atoms with E-state index < -0.39 is 28.0 Å². The van der Waals surface area contributed by atoms with Crippen molar-refractivity contribution in [3.8, 4) is 0 Å².